The number of hydrogen-bond donors (Lipinski definition) is 3. The van der Waals surface area contributed by atoms with Crippen molar-refractivity contribution in [3.05, 3.63) is 0 Å². The topological polar surface area (TPSA) is 116 Å². The smallest absolute Gasteiger partial charge is 0.317 e. The number of hydrogen-bond acceptors (Lipinski definition) is 5. The first-order valence-electron chi connectivity index (χ1n) is 6.21. The molecule has 1 fully saturated rings. The van der Waals surface area contributed by atoms with Gasteiger partial charge in [-0.3, -0.25) is 19.3 Å². The van der Waals surface area contributed by atoms with Crippen molar-refractivity contribution >= 4 is 17.8 Å². The average Bonchev–Trinajstić information content (AvgIpc) is 2.60. The van der Waals surface area contributed by atoms with Crippen LogP contribution < -0.4 is 11.1 Å². The summed E-state index contributed by atoms with van der Waals surface area (Å²) in [7, 11) is 0. The zero-order valence-corrected chi connectivity index (χ0v) is 10.8. The van der Waals surface area contributed by atoms with E-state index in [4.69, 9.17) is 10.8 Å². The van der Waals surface area contributed by atoms with Gasteiger partial charge in [0.05, 0.1) is 19.6 Å². The maximum Gasteiger partial charge on any atom is 0.317 e. The molecule has 0 saturated carbocycles. The van der Waals surface area contributed by atoms with Crippen molar-refractivity contribution in [3.63, 3.8) is 0 Å². The summed E-state index contributed by atoms with van der Waals surface area (Å²) in [5, 5.41) is 11.2. The van der Waals surface area contributed by atoms with E-state index in [2.05, 4.69) is 5.32 Å². The van der Waals surface area contributed by atoms with E-state index in [1.54, 1.807) is 9.80 Å². The van der Waals surface area contributed by atoms with Gasteiger partial charge in [-0.05, 0) is 6.42 Å². The molecule has 0 aromatic heterocycles. The molecule has 8 heteroatoms. The highest BCUT2D eigenvalue weighted by molar-refractivity contribution is 5.85. The fourth-order valence-electron chi connectivity index (χ4n) is 1.93. The highest BCUT2D eigenvalue weighted by Crippen LogP contribution is 2.03. The van der Waals surface area contributed by atoms with Crippen molar-refractivity contribution < 1.29 is 19.5 Å². The van der Waals surface area contributed by atoms with Gasteiger partial charge in [-0.1, -0.05) is 0 Å². The van der Waals surface area contributed by atoms with Crippen LogP contribution in [0.3, 0.4) is 0 Å². The maximum absolute atomic E-state index is 11.8. The Balaban J connectivity index is 2.37. The molecule has 108 valence electrons. The largest absolute Gasteiger partial charge is 0.480 e. The lowest BCUT2D eigenvalue weighted by Gasteiger charge is -2.21. The molecular formula is C11H20N4O4. The summed E-state index contributed by atoms with van der Waals surface area (Å²) in [5.41, 5.74) is 5.13. The van der Waals surface area contributed by atoms with Gasteiger partial charge >= 0.3 is 5.97 Å². The third kappa shape index (κ3) is 5.66. The van der Waals surface area contributed by atoms with Crippen molar-refractivity contribution in [2.24, 2.45) is 5.73 Å². The van der Waals surface area contributed by atoms with E-state index in [1.165, 1.54) is 0 Å². The molecule has 0 aromatic carbocycles. The van der Waals surface area contributed by atoms with E-state index in [-0.39, 0.29) is 31.4 Å². The monoisotopic (exact) mass is 272 g/mol. The van der Waals surface area contributed by atoms with Crippen LogP contribution in [-0.4, -0.2) is 78.5 Å². The third-order valence-electron chi connectivity index (χ3n) is 2.92. The Bertz CT molecular complexity index is 348. The number of carboxylic acid groups (broad SMARTS) is 1. The molecule has 1 rings (SSSR count). The van der Waals surface area contributed by atoms with Crippen LogP contribution >= 0.6 is 0 Å². The Hall–Kier alpha value is -1.67. The normalized spacial score (nSPS) is 16.8. The molecule has 0 radical (unpaired) electrons. The number of aliphatic carboxylic acids is 1. The van der Waals surface area contributed by atoms with Gasteiger partial charge < -0.3 is 21.1 Å². The van der Waals surface area contributed by atoms with Crippen molar-refractivity contribution in [1.29, 1.82) is 0 Å². The van der Waals surface area contributed by atoms with Gasteiger partial charge in [0.15, 0.2) is 0 Å². The van der Waals surface area contributed by atoms with Crippen LogP contribution in [0.4, 0.5) is 0 Å². The van der Waals surface area contributed by atoms with Crippen molar-refractivity contribution in [3.8, 4) is 0 Å². The summed E-state index contributed by atoms with van der Waals surface area (Å²) in [4.78, 5) is 36.9. The summed E-state index contributed by atoms with van der Waals surface area (Å²) in [6, 6.07) is 0. The van der Waals surface area contributed by atoms with Crippen molar-refractivity contribution in [2.75, 3.05) is 45.8 Å². The summed E-state index contributed by atoms with van der Waals surface area (Å²) >= 11 is 0. The SMILES string of the molecule is NCC(=O)NCC(=O)N1CCCN(CC(=O)O)CC1. The quantitative estimate of drug-likeness (QED) is 0.517. The Labute approximate surface area is 111 Å². The number of carbonyl (C=O) groups is 3. The standard InChI is InChI=1S/C11H20N4O4/c12-6-9(16)13-7-10(17)15-3-1-2-14(4-5-15)8-11(18)19/h1-8,12H2,(H,13,16)(H,18,19). The molecule has 2 amide bonds. The summed E-state index contributed by atoms with van der Waals surface area (Å²) in [6.07, 6.45) is 0.726. The minimum absolute atomic E-state index is 0.00800. The zero-order chi connectivity index (χ0) is 14.3. The fraction of sp³-hybridized carbons (Fsp3) is 0.727. The van der Waals surface area contributed by atoms with Gasteiger partial charge in [0.1, 0.15) is 0 Å². The van der Waals surface area contributed by atoms with E-state index in [1.807, 2.05) is 0 Å². The van der Waals surface area contributed by atoms with E-state index < -0.39 is 5.97 Å². The predicted molar refractivity (Wildman–Crippen MR) is 67.3 cm³/mol. The molecule has 0 aliphatic carbocycles. The minimum Gasteiger partial charge on any atom is -0.480 e. The van der Waals surface area contributed by atoms with Crippen LogP contribution in [0.2, 0.25) is 0 Å². The number of carboxylic acids is 1. The van der Waals surface area contributed by atoms with Crippen LogP contribution in [0, 0.1) is 0 Å². The van der Waals surface area contributed by atoms with Gasteiger partial charge in [-0.25, -0.2) is 0 Å². The summed E-state index contributed by atoms with van der Waals surface area (Å²) in [5.74, 6) is -1.40. The van der Waals surface area contributed by atoms with E-state index in [0.717, 1.165) is 6.42 Å². The number of nitrogens with zero attached hydrogens (tertiary/aromatic N) is 2. The lowest BCUT2D eigenvalue weighted by Crippen LogP contribution is -2.43. The molecule has 0 aromatic rings. The number of carbonyl (C=O) groups excluding carboxylic acids is 2. The molecular weight excluding hydrogens is 252 g/mol. The Morgan fingerprint density at radius 2 is 1.89 bits per heavy atom. The molecule has 19 heavy (non-hydrogen) atoms. The molecule has 0 atom stereocenters. The fourth-order valence-corrected chi connectivity index (χ4v) is 1.93. The minimum atomic E-state index is -0.866. The van der Waals surface area contributed by atoms with Crippen LogP contribution in [0.25, 0.3) is 0 Å². The average molecular weight is 272 g/mol. The first-order valence-corrected chi connectivity index (χ1v) is 6.21. The third-order valence-corrected chi connectivity index (χ3v) is 2.92. The molecule has 0 unspecified atom stereocenters. The number of nitrogens with two attached hydrogens (primary N) is 1. The maximum atomic E-state index is 11.8. The van der Waals surface area contributed by atoms with Crippen molar-refractivity contribution in [1.82, 2.24) is 15.1 Å². The van der Waals surface area contributed by atoms with Gasteiger partial charge in [0, 0.05) is 26.2 Å². The molecule has 1 heterocycles. The molecule has 0 spiro atoms. The Kier molecular flexibility index (Phi) is 6.23. The van der Waals surface area contributed by atoms with E-state index in [0.29, 0.717) is 26.2 Å². The number of amides is 2. The van der Waals surface area contributed by atoms with E-state index >= 15 is 0 Å². The first-order chi connectivity index (χ1) is 9.02. The van der Waals surface area contributed by atoms with Gasteiger partial charge in [0.25, 0.3) is 0 Å². The van der Waals surface area contributed by atoms with Crippen LogP contribution in [0.1, 0.15) is 6.42 Å². The second-order valence-corrected chi connectivity index (χ2v) is 4.39. The summed E-state index contributed by atoms with van der Waals surface area (Å²) in [6.45, 7) is 2.03. The predicted octanol–water partition coefficient (Wildman–Crippen LogP) is -2.32. The molecule has 1 aliphatic heterocycles. The van der Waals surface area contributed by atoms with Gasteiger partial charge in [0.2, 0.25) is 11.8 Å². The number of nitrogens with one attached hydrogen (secondary N) is 1. The molecule has 1 saturated heterocycles. The van der Waals surface area contributed by atoms with Gasteiger partial charge in [-0.15, -0.1) is 0 Å². The molecule has 4 N–H and O–H groups in total. The Morgan fingerprint density at radius 3 is 2.53 bits per heavy atom. The molecule has 1 aliphatic rings. The summed E-state index contributed by atoms with van der Waals surface area (Å²) < 4.78 is 0. The van der Waals surface area contributed by atoms with Gasteiger partial charge in [-0.2, -0.15) is 0 Å². The second kappa shape index (κ2) is 7.70. The molecule has 8 nitrogen and oxygen atoms in total. The first kappa shape index (κ1) is 15.4. The van der Waals surface area contributed by atoms with Crippen LogP contribution in [0.5, 0.6) is 0 Å². The lowest BCUT2D eigenvalue weighted by atomic mass is 10.3. The second-order valence-electron chi connectivity index (χ2n) is 4.39. The highest BCUT2D eigenvalue weighted by Gasteiger charge is 2.20. The molecule has 0 bridgehead atoms. The number of rotatable bonds is 5. The van der Waals surface area contributed by atoms with Crippen LogP contribution in [-0.2, 0) is 14.4 Å². The highest BCUT2D eigenvalue weighted by atomic mass is 16.4. The van der Waals surface area contributed by atoms with Crippen LogP contribution in [0.15, 0.2) is 0 Å². The lowest BCUT2D eigenvalue weighted by molar-refractivity contribution is -0.138. The zero-order valence-electron chi connectivity index (χ0n) is 10.8. The van der Waals surface area contributed by atoms with Crippen molar-refractivity contribution in [2.45, 2.75) is 6.42 Å². The Morgan fingerprint density at radius 1 is 1.16 bits per heavy atom. The van der Waals surface area contributed by atoms with E-state index in [9.17, 15) is 14.4 Å².